The first-order valence-electron chi connectivity index (χ1n) is 17.1. The number of hydrogen-bond donors (Lipinski definition) is 4. The first kappa shape index (κ1) is 44.1. The fourth-order valence-electron chi connectivity index (χ4n) is 4.59. The van der Waals surface area contributed by atoms with Crippen molar-refractivity contribution in [2.45, 2.75) is 105 Å². The van der Waals surface area contributed by atoms with Gasteiger partial charge in [0.2, 0.25) is 23.6 Å². The molecule has 0 aromatic carbocycles. The minimum absolute atomic E-state index is 0.0998. The Morgan fingerprint density at radius 3 is 1.49 bits per heavy atom. The van der Waals surface area contributed by atoms with Gasteiger partial charge in [-0.25, -0.2) is 0 Å². The largest absolute Gasteiger partial charge is 0.381 e. The van der Waals surface area contributed by atoms with Crippen LogP contribution in [0.25, 0.3) is 0 Å². The zero-order chi connectivity index (χ0) is 35.3. The van der Waals surface area contributed by atoms with E-state index < -0.39 is 5.41 Å². The normalized spacial score (nSPS) is 12.3. The highest BCUT2D eigenvalue weighted by Gasteiger charge is 2.34. The summed E-state index contributed by atoms with van der Waals surface area (Å²) < 4.78 is 17.9. The quantitative estimate of drug-likeness (QED) is 0.0808. The number of carbonyl (C=O) groups is 6. The zero-order valence-electron chi connectivity index (χ0n) is 29.6. The molecule has 13 heteroatoms. The molecule has 272 valence electrons. The molecule has 0 aliphatic heterocycles. The number of nitrogens with one attached hydrogen (secondary N) is 4. The summed E-state index contributed by atoms with van der Waals surface area (Å²) in [7, 11) is 0. The lowest BCUT2D eigenvalue weighted by Gasteiger charge is -2.37. The van der Waals surface area contributed by atoms with E-state index in [1.165, 1.54) is 13.8 Å². The molecule has 0 saturated heterocycles. The fraction of sp³-hybridized carbons (Fsp3) is 0.824. The van der Waals surface area contributed by atoms with Crippen molar-refractivity contribution in [3.05, 3.63) is 0 Å². The number of ketones is 2. The summed E-state index contributed by atoms with van der Waals surface area (Å²) in [4.78, 5) is 69.6. The lowest BCUT2D eigenvalue weighted by atomic mass is 9.76. The predicted octanol–water partition coefficient (Wildman–Crippen LogP) is 2.63. The maximum Gasteiger partial charge on any atom is 0.222 e. The average Bonchev–Trinajstić information content (AvgIpc) is 2.99. The van der Waals surface area contributed by atoms with Crippen LogP contribution in [-0.4, -0.2) is 101 Å². The van der Waals surface area contributed by atoms with E-state index >= 15 is 0 Å². The molecule has 0 rings (SSSR count). The van der Waals surface area contributed by atoms with Crippen LogP contribution in [0, 0.1) is 11.3 Å². The summed E-state index contributed by atoms with van der Waals surface area (Å²) in [5.41, 5.74) is -0.434. The van der Waals surface area contributed by atoms with Crippen LogP contribution < -0.4 is 21.3 Å². The van der Waals surface area contributed by atoms with Crippen LogP contribution in [0.5, 0.6) is 0 Å². The number of Topliss-reactive ketones (excluding diaryl/α,β-unsaturated/α-hetero) is 2. The Morgan fingerprint density at radius 1 is 0.532 bits per heavy atom. The minimum Gasteiger partial charge on any atom is -0.381 e. The van der Waals surface area contributed by atoms with Crippen molar-refractivity contribution < 1.29 is 43.0 Å². The maximum atomic E-state index is 12.3. The minimum atomic E-state index is -0.434. The number of rotatable bonds is 31. The van der Waals surface area contributed by atoms with E-state index in [4.69, 9.17) is 14.2 Å². The Balaban J connectivity index is 4.78. The SMILES string of the molecule is CC(=O)CCCCCC(=O)CCOCC(CCOCCC(=O)NCCCNC(C)=O)(COCCC(=O)NCCCNC(C)=O)C(C)C. The Kier molecular flexibility index (Phi) is 26.4. The first-order chi connectivity index (χ1) is 22.4. The summed E-state index contributed by atoms with van der Waals surface area (Å²) in [5, 5.41) is 11.0. The van der Waals surface area contributed by atoms with Gasteiger partial charge in [0.25, 0.3) is 0 Å². The molecular formula is C34H62N4O9. The molecule has 0 aliphatic carbocycles. The van der Waals surface area contributed by atoms with Crippen LogP contribution in [0.1, 0.15) is 105 Å². The molecule has 0 heterocycles. The highest BCUT2D eigenvalue weighted by atomic mass is 16.5. The molecule has 0 spiro atoms. The topological polar surface area (TPSA) is 178 Å². The Morgan fingerprint density at radius 2 is 1.00 bits per heavy atom. The molecule has 13 nitrogen and oxygen atoms in total. The lowest BCUT2D eigenvalue weighted by molar-refractivity contribution is -0.124. The van der Waals surface area contributed by atoms with Gasteiger partial charge in [0.05, 0.1) is 33.0 Å². The third-order valence-corrected chi connectivity index (χ3v) is 7.80. The van der Waals surface area contributed by atoms with Gasteiger partial charge < -0.3 is 40.3 Å². The van der Waals surface area contributed by atoms with E-state index in [0.29, 0.717) is 91.1 Å². The van der Waals surface area contributed by atoms with E-state index in [0.717, 1.165) is 19.3 Å². The zero-order valence-corrected chi connectivity index (χ0v) is 29.6. The van der Waals surface area contributed by atoms with Crippen LogP contribution in [0.2, 0.25) is 0 Å². The summed E-state index contributed by atoms with van der Waals surface area (Å²) in [6.07, 6.45) is 6.10. The fourth-order valence-corrected chi connectivity index (χ4v) is 4.59. The van der Waals surface area contributed by atoms with E-state index in [1.807, 2.05) is 0 Å². The summed E-state index contributed by atoms with van der Waals surface area (Å²) >= 11 is 0. The summed E-state index contributed by atoms with van der Waals surface area (Å²) in [6, 6.07) is 0. The molecule has 0 radical (unpaired) electrons. The van der Waals surface area contributed by atoms with Crippen LogP contribution in [-0.2, 0) is 43.0 Å². The molecule has 47 heavy (non-hydrogen) atoms. The Hall–Kier alpha value is -2.90. The number of hydrogen-bond acceptors (Lipinski definition) is 9. The van der Waals surface area contributed by atoms with Crippen LogP contribution in [0.3, 0.4) is 0 Å². The number of carbonyl (C=O) groups excluding carboxylic acids is 6. The van der Waals surface area contributed by atoms with Gasteiger partial charge in [0.1, 0.15) is 11.6 Å². The van der Waals surface area contributed by atoms with E-state index in [2.05, 4.69) is 35.1 Å². The molecule has 1 atom stereocenters. The average molecular weight is 671 g/mol. The van der Waals surface area contributed by atoms with Gasteiger partial charge in [-0.05, 0) is 44.9 Å². The summed E-state index contributed by atoms with van der Waals surface area (Å²) in [6.45, 7) is 12.4. The highest BCUT2D eigenvalue weighted by molar-refractivity contribution is 5.78. The molecule has 0 bridgehead atoms. The molecule has 0 aliphatic rings. The van der Waals surface area contributed by atoms with E-state index in [-0.39, 0.29) is 67.2 Å². The van der Waals surface area contributed by atoms with Crippen molar-refractivity contribution >= 4 is 35.2 Å². The van der Waals surface area contributed by atoms with Crippen LogP contribution >= 0.6 is 0 Å². The van der Waals surface area contributed by atoms with Gasteiger partial charge in [-0.3, -0.25) is 24.0 Å². The molecule has 1 unspecified atom stereocenters. The Labute approximate surface area is 281 Å². The van der Waals surface area contributed by atoms with Crippen molar-refractivity contribution in [2.75, 3.05) is 65.8 Å². The lowest BCUT2D eigenvalue weighted by Crippen LogP contribution is -2.39. The molecule has 4 N–H and O–H groups in total. The van der Waals surface area contributed by atoms with Crippen molar-refractivity contribution in [2.24, 2.45) is 11.3 Å². The smallest absolute Gasteiger partial charge is 0.222 e. The third kappa shape index (κ3) is 26.8. The molecule has 0 fully saturated rings. The monoisotopic (exact) mass is 670 g/mol. The third-order valence-electron chi connectivity index (χ3n) is 7.80. The van der Waals surface area contributed by atoms with Gasteiger partial charge in [-0.1, -0.05) is 20.3 Å². The van der Waals surface area contributed by atoms with Gasteiger partial charge in [-0.15, -0.1) is 0 Å². The predicted molar refractivity (Wildman–Crippen MR) is 180 cm³/mol. The standard InChI is InChI=1S/C34H62N4O9/c1-27(2)34(25-46-21-13-31(42)12-8-6-7-11-28(3)39,26-47-23-15-33(44)38-20-10-18-36-30(5)41)16-24-45-22-14-32(43)37-19-9-17-35-29(4)40/h27H,6-26H2,1-5H3,(H,35,40)(H,36,41)(H,37,43)(H,38,44). The van der Waals surface area contributed by atoms with Crippen molar-refractivity contribution in [1.82, 2.24) is 21.3 Å². The van der Waals surface area contributed by atoms with Gasteiger partial charge in [0.15, 0.2) is 0 Å². The second kappa shape index (κ2) is 28.1. The molecule has 4 amide bonds. The number of amides is 4. The number of ether oxygens (including phenoxy) is 3. The van der Waals surface area contributed by atoms with Crippen molar-refractivity contribution in [3.63, 3.8) is 0 Å². The van der Waals surface area contributed by atoms with Gasteiger partial charge >= 0.3 is 0 Å². The molecule has 0 aromatic rings. The second-order valence-corrected chi connectivity index (χ2v) is 12.4. The van der Waals surface area contributed by atoms with E-state index in [1.54, 1.807) is 6.92 Å². The van der Waals surface area contributed by atoms with Gasteiger partial charge in [-0.2, -0.15) is 0 Å². The number of unbranched alkanes of at least 4 members (excludes halogenated alkanes) is 2. The van der Waals surface area contributed by atoms with Crippen molar-refractivity contribution in [3.8, 4) is 0 Å². The van der Waals surface area contributed by atoms with Crippen LogP contribution in [0.15, 0.2) is 0 Å². The highest BCUT2D eigenvalue weighted by Crippen LogP contribution is 2.33. The maximum absolute atomic E-state index is 12.3. The molecule has 0 saturated carbocycles. The van der Waals surface area contributed by atoms with Crippen LogP contribution in [0.4, 0.5) is 0 Å². The molecule has 0 aromatic heterocycles. The summed E-state index contributed by atoms with van der Waals surface area (Å²) in [5.74, 6) is -0.00615. The second-order valence-electron chi connectivity index (χ2n) is 12.4. The van der Waals surface area contributed by atoms with Crippen molar-refractivity contribution in [1.29, 1.82) is 0 Å². The van der Waals surface area contributed by atoms with Gasteiger partial charge in [0, 0.05) is 84.2 Å². The Bertz CT molecular complexity index is 883. The first-order valence-corrected chi connectivity index (χ1v) is 17.1. The molecular weight excluding hydrogens is 608 g/mol. The van der Waals surface area contributed by atoms with E-state index in [9.17, 15) is 28.8 Å².